The highest BCUT2D eigenvalue weighted by Crippen LogP contribution is 2.22. The second-order valence-corrected chi connectivity index (χ2v) is 6.60. The number of hydrazine groups is 1. The first-order valence-electron chi connectivity index (χ1n) is 7.93. The Morgan fingerprint density at radius 3 is 2.46 bits per heavy atom. The van der Waals surface area contributed by atoms with Crippen molar-refractivity contribution in [3.05, 3.63) is 34.3 Å². The van der Waals surface area contributed by atoms with Crippen LogP contribution in [0.15, 0.2) is 28.7 Å². The summed E-state index contributed by atoms with van der Waals surface area (Å²) < 4.78 is 0.621. The standard InChI is InChI=1S/C17H23BrN2O4/c1-3-4-7-12(17(23)24)11(2)10-15(21)19-20-16(22)13-8-5-6-9-14(13)18/h5-6,8-9,11-12H,3-4,7,10H2,1-2H3,(H,19,21)(H,20,22)(H,23,24)/t11-,12+/m1/s1. The number of carbonyl (C=O) groups is 3. The van der Waals surface area contributed by atoms with E-state index in [0.717, 1.165) is 12.8 Å². The lowest BCUT2D eigenvalue weighted by atomic mass is 9.87. The largest absolute Gasteiger partial charge is 0.481 e. The van der Waals surface area contributed by atoms with Gasteiger partial charge in [-0.15, -0.1) is 0 Å². The predicted molar refractivity (Wildman–Crippen MR) is 94.2 cm³/mol. The van der Waals surface area contributed by atoms with Gasteiger partial charge in [-0.3, -0.25) is 25.2 Å². The molecule has 0 aliphatic heterocycles. The van der Waals surface area contributed by atoms with E-state index >= 15 is 0 Å². The molecule has 0 aromatic heterocycles. The number of rotatable bonds is 8. The second kappa shape index (κ2) is 10.1. The summed E-state index contributed by atoms with van der Waals surface area (Å²) in [5.74, 6) is -2.61. The first-order chi connectivity index (χ1) is 11.4. The maximum atomic E-state index is 12.0. The molecule has 2 atom stereocenters. The van der Waals surface area contributed by atoms with E-state index in [9.17, 15) is 19.5 Å². The van der Waals surface area contributed by atoms with Crippen molar-refractivity contribution in [2.75, 3.05) is 0 Å². The minimum absolute atomic E-state index is 0.0386. The Bertz CT molecular complexity index is 592. The van der Waals surface area contributed by atoms with Crippen LogP contribution in [0.4, 0.5) is 0 Å². The molecule has 7 heteroatoms. The van der Waals surface area contributed by atoms with Crippen molar-refractivity contribution >= 4 is 33.7 Å². The zero-order valence-electron chi connectivity index (χ0n) is 13.8. The lowest BCUT2D eigenvalue weighted by Crippen LogP contribution is -2.42. The van der Waals surface area contributed by atoms with E-state index in [1.165, 1.54) is 0 Å². The van der Waals surface area contributed by atoms with Crippen molar-refractivity contribution in [2.45, 2.75) is 39.5 Å². The maximum absolute atomic E-state index is 12.0. The van der Waals surface area contributed by atoms with Crippen LogP contribution in [0.1, 0.15) is 49.9 Å². The highest BCUT2D eigenvalue weighted by molar-refractivity contribution is 9.10. The predicted octanol–water partition coefficient (Wildman–Crippen LogP) is 3.13. The van der Waals surface area contributed by atoms with E-state index < -0.39 is 23.7 Å². The van der Waals surface area contributed by atoms with Crippen molar-refractivity contribution < 1.29 is 19.5 Å². The van der Waals surface area contributed by atoms with Crippen LogP contribution in [0.3, 0.4) is 0 Å². The second-order valence-electron chi connectivity index (χ2n) is 5.75. The topological polar surface area (TPSA) is 95.5 Å². The zero-order chi connectivity index (χ0) is 18.1. The minimum atomic E-state index is -0.888. The van der Waals surface area contributed by atoms with Gasteiger partial charge in [0, 0.05) is 10.9 Å². The van der Waals surface area contributed by atoms with E-state index in [4.69, 9.17) is 0 Å². The average Bonchev–Trinajstić information content (AvgIpc) is 2.53. The molecule has 132 valence electrons. The molecule has 0 saturated carbocycles. The van der Waals surface area contributed by atoms with Crippen LogP contribution in [0.5, 0.6) is 0 Å². The number of amides is 2. The summed E-state index contributed by atoms with van der Waals surface area (Å²) in [6.07, 6.45) is 2.30. The van der Waals surface area contributed by atoms with Crippen LogP contribution in [0.25, 0.3) is 0 Å². The van der Waals surface area contributed by atoms with Gasteiger partial charge >= 0.3 is 5.97 Å². The molecule has 0 fully saturated rings. The third-order valence-electron chi connectivity index (χ3n) is 3.81. The molecule has 0 saturated heterocycles. The van der Waals surface area contributed by atoms with E-state index in [1.54, 1.807) is 31.2 Å². The lowest BCUT2D eigenvalue weighted by molar-refractivity contribution is -0.144. The van der Waals surface area contributed by atoms with Gasteiger partial charge in [-0.1, -0.05) is 38.8 Å². The van der Waals surface area contributed by atoms with Gasteiger partial charge in [-0.05, 0) is 40.4 Å². The average molecular weight is 399 g/mol. The molecule has 2 amide bonds. The van der Waals surface area contributed by atoms with Gasteiger partial charge in [0.05, 0.1) is 11.5 Å². The van der Waals surface area contributed by atoms with E-state index in [2.05, 4.69) is 26.8 Å². The number of unbranched alkanes of at least 4 members (excludes halogenated alkanes) is 1. The number of halogens is 1. The van der Waals surface area contributed by atoms with Crippen molar-refractivity contribution in [3.8, 4) is 0 Å². The molecule has 1 aromatic carbocycles. The number of benzene rings is 1. The molecular formula is C17H23BrN2O4. The van der Waals surface area contributed by atoms with Gasteiger partial charge in [-0.2, -0.15) is 0 Å². The molecule has 3 N–H and O–H groups in total. The SMILES string of the molecule is CCCC[C@H](C(=O)O)[C@H](C)CC(=O)NNC(=O)c1ccccc1Br. The molecule has 0 spiro atoms. The van der Waals surface area contributed by atoms with Gasteiger partial charge in [0.1, 0.15) is 0 Å². The molecular weight excluding hydrogens is 376 g/mol. The first-order valence-corrected chi connectivity index (χ1v) is 8.72. The molecule has 0 radical (unpaired) electrons. The fraction of sp³-hybridized carbons (Fsp3) is 0.471. The Hall–Kier alpha value is -1.89. The van der Waals surface area contributed by atoms with Crippen molar-refractivity contribution in [2.24, 2.45) is 11.8 Å². The van der Waals surface area contributed by atoms with Gasteiger partial charge < -0.3 is 5.11 Å². The van der Waals surface area contributed by atoms with Crippen LogP contribution >= 0.6 is 15.9 Å². The van der Waals surface area contributed by atoms with Gasteiger partial charge in [0.25, 0.3) is 5.91 Å². The molecule has 0 bridgehead atoms. The van der Waals surface area contributed by atoms with E-state index in [-0.39, 0.29) is 12.3 Å². The fourth-order valence-corrected chi connectivity index (χ4v) is 2.87. The number of hydrogen-bond acceptors (Lipinski definition) is 3. The molecule has 0 heterocycles. The molecule has 6 nitrogen and oxygen atoms in total. The number of aliphatic carboxylic acids is 1. The summed E-state index contributed by atoms with van der Waals surface area (Å²) in [6.45, 7) is 3.73. The normalized spacial score (nSPS) is 13.0. The molecule has 0 aliphatic carbocycles. The van der Waals surface area contributed by atoms with Crippen molar-refractivity contribution in [1.82, 2.24) is 10.9 Å². The smallest absolute Gasteiger partial charge is 0.306 e. The quantitative estimate of drug-likeness (QED) is 0.586. The highest BCUT2D eigenvalue weighted by Gasteiger charge is 2.26. The van der Waals surface area contributed by atoms with Crippen LogP contribution in [-0.4, -0.2) is 22.9 Å². The van der Waals surface area contributed by atoms with Gasteiger partial charge in [-0.25, -0.2) is 0 Å². The summed E-state index contributed by atoms with van der Waals surface area (Å²) in [5.41, 5.74) is 5.08. The van der Waals surface area contributed by atoms with Crippen LogP contribution < -0.4 is 10.9 Å². The lowest BCUT2D eigenvalue weighted by Gasteiger charge is -2.19. The Kier molecular flexibility index (Phi) is 8.46. The maximum Gasteiger partial charge on any atom is 0.306 e. The van der Waals surface area contributed by atoms with Crippen molar-refractivity contribution in [1.29, 1.82) is 0 Å². The number of carboxylic acids is 1. The van der Waals surface area contributed by atoms with Gasteiger partial charge in [0.15, 0.2) is 0 Å². The Labute approximate surface area is 150 Å². The number of carboxylic acid groups (broad SMARTS) is 1. The van der Waals surface area contributed by atoms with Crippen LogP contribution in [-0.2, 0) is 9.59 Å². The summed E-state index contributed by atoms with van der Waals surface area (Å²) in [6, 6.07) is 6.85. The third-order valence-corrected chi connectivity index (χ3v) is 4.51. The highest BCUT2D eigenvalue weighted by atomic mass is 79.9. The van der Waals surface area contributed by atoms with E-state index in [1.807, 2.05) is 6.92 Å². The molecule has 0 aliphatic rings. The zero-order valence-corrected chi connectivity index (χ0v) is 15.4. The number of carbonyl (C=O) groups excluding carboxylic acids is 2. The molecule has 24 heavy (non-hydrogen) atoms. The summed E-state index contributed by atoms with van der Waals surface area (Å²) >= 11 is 3.26. The van der Waals surface area contributed by atoms with E-state index in [0.29, 0.717) is 16.5 Å². The molecule has 0 unspecified atom stereocenters. The first kappa shape index (κ1) is 20.2. The Morgan fingerprint density at radius 1 is 1.21 bits per heavy atom. The Balaban J connectivity index is 2.51. The third kappa shape index (κ3) is 6.31. The Morgan fingerprint density at radius 2 is 1.88 bits per heavy atom. The summed E-state index contributed by atoms with van der Waals surface area (Å²) in [4.78, 5) is 35.2. The van der Waals surface area contributed by atoms with Crippen molar-refractivity contribution in [3.63, 3.8) is 0 Å². The summed E-state index contributed by atoms with van der Waals surface area (Å²) in [7, 11) is 0. The molecule has 1 aromatic rings. The fourth-order valence-electron chi connectivity index (χ4n) is 2.40. The number of hydrogen-bond donors (Lipinski definition) is 3. The number of nitrogens with one attached hydrogen (secondary N) is 2. The monoisotopic (exact) mass is 398 g/mol. The minimum Gasteiger partial charge on any atom is -0.481 e. The van der Waals surface area contributed by atoms with Gasteiger partial charge in [0.2, 0.25) is 5.91 Å². The summed E-state index contributed by atoms with van der Waals surface area (Å²) in [5, 5.41) is 9.27. The molecule has 1 rings (SSSR count). The van der Waals surface area contributed by atoms with Crippen LogP contribution in [0, 0.1) is 11.8 Å². The van der Waals surface area contributed by atoms with Crippen LogP contribution in [0.2, 0.25) is 0 Å².